The Morgan fingerprint density at radius 2 is 2.05 bits per heavy atom. The fraction of sp³-hybridized carbons (Fsp3) is 0.385. The Kier molecular flexibility index (Phi) is 5.57. The summed E-state index contributed by atoms with van der Waals surface area (Å²) in [4.78, 5) is 13.3. The molecule has 104 valence electrons. The molecule has 0 spiro atoms. The molecule has 6 heteroatoms. The number of hydrogen-bond donors (Lipinski definition) is 0. The molecule has 0 amide bonds. The number of methoxy groups -OCH3 is 1. The van der Waals surface area contributed by atoms with E-state index in [4.69, 9.17) is 26.4 Å². The lowest BCUT2D eigenvalue weighted by Crippen LogP contribution is -2.25. The van der Waals surface area contributed by atoms with Crippen LogP contribution in [0, 0.1) is 0 Å². The summed E-state index contributed by atoms with van der Waals surface area (Å²) < 4.78 is 15.6. The minimum atomic E-state index is -0.486. The highest BCUT2D eigenvalue weighted by atomic mass is 32.1. The van der Waals surface area contributed by atoms with Crippen molar-refractivity contribution in [3.63, 3.8) is 0 Å². The van der Waals surface area contributed by atoms with E-state index < -0.39 is 5.97 Å². The molecule has 1 rings (SSSR count). The van der Waals surface area contributed by atoms with Crippen LogP contribution in [-0.2, 0) is 4.74 Å². The topological polar surface area (TPSA) is 48.0 Å². The summed E-state index contributed by atoms with van der Waals surface area (Å²) in [6, 6.07) is 4.89. The monoisotopic (exact) mass is 283 g/mol. The molecule has 0 atom stereocenters. The molecule has 0 radical (unpaired) electrons. The molecule has 0 saturated carbocycles. The third kappa shape index (κ3) is 4.10. The van der Waals surface area contributed by atoms with E-state index in [1.54, 1.807) is 37.2 Å². The van der Waals surface area contributed by atoms with Crippen molar-refractivity contribution in [2.45, 2.75) is 6.92 Å². The van der Waals surface area contributed by atoms with E-state index in [1.807, 2.05) is 6.92 Å². The molecular formula is C13H17NO4S. The van der Waals surface area contributed by atoms with Gasteiger partial charge in [0.1, 0.15) is 17.1 Å². The van der Waals surface area contributed by atoms with Crippen LogP contribution >= 0.6 is 12.2 Å². The van der Waals surface area contributed by atoms with Crippen LogP contribution in [0.3, 0.4) is 0 Å². The van der Waals surface area contributed by atoms with Gasteiger partial charge in [-0.05, 0) is 31.3 Å². The van der Waals surface area contributed by atoms with Crippen molar-refractivity contribution in [3.05, 3.63) is 23.8 Å². The Morgan fingerprint density at radius 3 is 2.58 bits per heavy atom. The molecule has 0 N–H and O–H groups in total. The van der Waals surface area contributed by atoms with Crippen molar-refractivity contribution >= 4 is 23.4 Å². The fourth-order valence-electron chi connectivity index (χ4n) is 1.31. The number of nitrogens with zero attached hydrogens (tertiary/aromatic N) is 1. The van der Waals surface area contributed by atoms with E-state index in [2.05, 4.69) is 0 Å². The van der Waals surface area contributed by atoms with Gasteiger partial charge in [-0.2, -0.15) is 0 Å². The van der Waals surface area contributed by atoms with E-state index in [9.17, 15) is 4.79 Å². The van der Waals surface area contributed by atoms with Gasteiger partial charge in [0, 0.05) is 20.2 Å². The SMILES string of the molecule is CCOc1ccc(C(=O)OC)c(OC(=S)N(C)C)c1. The average Bonchev–Trinajstić information content (AvgIpc) is 2.38. The van der Waals surface area contributed by atoms with Crippen LogP contribution in [0.5, 0.6) is 11.5 Å². The number of carbonyl (C=O) groups is 1. The summed E-state index contributed by atoms with van der Waals surface area (Å²) in [6.45, 7) is 2.40. The third-order valence-corrected chi connectivity index (χ3v) is 2.68. The molecule has 0 aliphatic heterocycles. The molecule has 0 unspecified atom stereocenters. The highest BCUT2D eigenvalue weighted by Crippen LogP contribution is 2.26. The minimum absolute atomic E-state index is 0.249. The first kappa shape index (κ1) is 15.2. The van der Waals surface area contributed by atoms with Crippen LogP contribution in [0.1, 0.15) is 17.3 Å². The van der Waals surface area contributed by atoms with Gasteiger partial charge in [-0.15, -0.1) is 0 Å². The average molecular weight is 283 g/mol. The molecule has 0 aliphatic carbocycles. The summed E-state index contributed by atoms with van der Waals surface area (Å²) in [7, 11) is 4.83. The second-order valence-electron chi connectivity index (χ2n) is 3.84. The summed E-state index contributed by atoms with van der Waals surface area (Å²) in [5.74, 6) is 0.433. The molecule has 5 nitrogen and oxygen atoms in total. The van der Waals surface area contributed by atoms with E-state index in [1.165, 1.54) is 7.11 Å². The van der Waals surface area contributed by atoms with Crippen molar-refractivity contribution < 1.29 is 19.0 Å². The van der Waals surface area contributed by atoms with Crippen LogP contribution < -0.4 is 9.47 Å². The maximum atomic E-state index is 11.7. The van der Waals surface area contributed by atoms with Gasteiger partial charge >= 0.3 is 5.97 Å². The zero-order valence-corrected chi connectivity index (χ0v) is 12.2. The van der Waals surface area contributed by atoms with Gasteiger partial charge in [0.05, 0.1) is 13.7 Å². The number of hydrogen-bond acceptors (Lipinski definition) is 5. The number of carbonyl (C=O) groups excluding carboxylic acids is 1. The molecule has 0 fully saturated rings. The summed E-state index contributed by atoms with van der Waals surface area (Å²) >= 11 is 5.06. The first-order valence-electron chi connectivity index (χ1n) is 5.73. The number of thiocarbonyl (C=S) groups is 1. The molecule has 0 saturated heterocycles. The molecular weight excluding hydrogens is 266 g/mol. The molecule has 0 aromatic heterocycles. The number of rotatable bonds is 4. The Labute approximate surface area is 118 Å². The second-order valence-corrected chi connectivity index (χ2v) is 4.19. The molecule has 19 heavy (non-hydrogen) atoms. The normalized spacial score (nSPS) is 9.68. The van der Waals surface area contributed by atoms with E-state index in [0.29, 0.717) is 23.7 Å². The second kappa shape index (κ2) is 6.94. The van der Waals surface area contributed by atoms with Crippen LogP contribution in [-0.4, -0.2) is 43.9 Å². The van der Waals surface area contributed by atoms with Crippen molar-refractivity contribution in [2.75, 3.05) is 27.8 Å². The van der Waals surface area contributed by atoms with Crippen molar-refractivity contribution in [1.82, 2.24) is 4.90 Å². The van der Waals surface area contributed by atoms with Crippen LogP contribution in [0.15, 0.2) is 18.2 Å². The quantitative estimate of drug-likeness (QED) is 0.623. The minimum Gasteiger partial charge on any atom is -0.494 e. The Balaban J connectivity index is 3.10. The molecule has 0 bridgehead atoms. The molecule has 1 aromatic carbocycles. The number of esters is 1. The van der Waals surface area contributed by atoms with Crippen LogP contribution in [0.4, 0.5) is 0 Å². The van der Waals surface area contributed by atoms with E-state index in [0.717, 1.165) is 0 Å². The highest BCUT2D eigenvalue weighted by Gasteiger charge is 2.16. The Morgan fingerprint density at radius 1 is 1.37 bits per heavy atom. The van der Waals surface area contributed by atoms with Crippen molar-refractivity contribution in [3.8, 4) is 11.5 Å². The maximum absolute atomic E-state index is 11.7. The Bertz CT molecular complexity index is 474. The van der Waals surface area contributed by atoms with Crippen LogP contribution in [0.2, 0.25) is 0 Å². The highest BCUT2D eigenvalue weighted by molar-refractivity contribution is 7.80. The third-order valence-electron chi connectivity index (χ3n) is 2.23. The van der Waals surface area contributed by atoms with E-state index in [-0.39, 0.29) is 5.17 Å². The Hall–Kier alpha value is -1.82. The van der Waals surface area contributed by atoms with Gasteiger partial charge < -0.3 is 19.1 Å². The molecule has 0 heterocycles. The zero-order valence-electron chi connectivity index (χ0n) is 11.4. The van der Waals surface area contributed by atoms with Gasteiger partial charge in [0.15, 0.2) is 0 Å². The standard InChI is InChI=1S/C13H17NO4S/c1-5-17-9-6-7-10(12(15)16-4)11(8-9)18-13(19)14(2)3/h6-8H,5H2,1-4H3. The predicted octanol–water partition coefficient (Wildman–Crippen LogP) is 2.10. The summed E-state index contributed by atoms with van der Waals surface area (Å²) in [6.07, 6.45) is 0. The van der Waals surface area contributed by atoms with Crippen LogP contribution in [0.25, 0.3) is 0 Å². The van der Waals surface area contributed by atoms with Gasteiger partial charge in [-0.1, -0.05) is 0 Å². The van der Waals surface area contributed by atoms with Gasteiger partial charge in [-0.25, -0.2) is 4.79 Å². The maximum Gasteiger partial charge on any atom is 0.341 e. The van der Waals surface area contributed by atoms with Gasteiger partial charge in [-0.3, -0.25) is 0 Å². The van der Waals surface area contributed by atoms with Crippen molar-refractivity contribution in [1.29, 1.82) is 0 Å². The predicted molar refractivity (Wildman–Crippen MR) is 75.9 cm³/mol. The first-order valence-corrected chi connectivity index (χ1v) is 6.14. The number of benzene rings is 1. The molecule has 1 aromatic rings. The zero-order chi connectivity index (χ0) is 14.4. The first-order chi connectivity index (χ1) is 8.99. The lowest BCUT2D eigenvalue weighted by atomic mass is 10.2. The summed E-state index contributed by atoms with van der Waals surface area (Å²) in [5.41, 5.74) is 0.301. The fourth-order valence-corrected chi connectivity index (χ4v) is 1.40. The van der Waals surface area contributed by atoms with E-state index >= 15 is 0 Å². The lowest BCUT2D eigenvalue weighted by Gasteiger charge is -2.16. The van der Waals surface area contributed by atoms with Crippen molar-refractivity contribution in [2.24, 2.45) is 0 Å². The summed E-state index contributed by atoms with van der Waals surface area (Å²) in [5, 5.41) is 0.249. The van der Waals surface area contributed by atoms with Gasteiger partial charge in [0.2, 0.25) is 0 Å². The lowest BCUT2D eigenvalue weighted by molar-refractivity contribution is 0.0598. The van der Waals surface area contributed by atoms with Gasteiger partial charge in [0.25, 0.3) is 5.17 Å². The molecule has 0 aliphatic rings. The smallest absolute Gasteiger partial charge is 0.341 e. The largest absolute Gasteiger partial charge is 0.494 e. The number of ether oxygens (including phenoxy) is 3.